The zero-order valence-electron chi connectivity index (χ0n) is 66.3. The van der Waals surface area contributed by atoms with Gasteiger partial charge in [-0.05, 0) is 123 Å². The van der Waals surface area contributed by atoms with E-state index in [1.807, 2.05) is 71.9 Å². The number of ether oxygens (including phenoxy) is 2. The number of hydrogen-bond acceptors (Lipinski definition) is 14. The Labute approximate surface area is 634 Å². The van der Waals surface area contributed by atoms with E-state index in [0.29, 0.717) is 44.1 Å². The molecule has 3 N–H and O–H groups in total. The van der Waals surface area contributed by atoms with Crippen molar-refractivity contribution in [1.29, 1.82) is 0 Å². The van der Waals surface area contributed by atoms with E-state index in [1.54, 1.807) is 19.9 Å². The lowest BCUT2D eigenvalue weighted by Gasteiger charge is -2.54. The lowest BCUT2D eigenvalue weighted by Crippen LogP contribution is -2.71. The third-order valence-electron chi connectivity index (χ3n) is 22.4. The first kappa shape index (κ1) is 86.6. The van der Waals surface area contributed by atoms with Crippen molar-refractivity contribution in [3.8, 4) is 5.75 Å². The first-order valence-electron chi connectivity index (χ1n) is 38.1. The maximum Gasteiger partial charge on any atom is 0.419 e. The SMILES string of the molecule is CCO[C@@H]1C[C@H]2C(=O)NC3(CC(C)(C)C3)C(=O)N(C)[C@@H](C3CCCC3)C(=O)N(C)[C@H](C(=O)N(C)C)CC(=O)N(C)[C@@H](CC(C)C)C(=O)N[C@@H]([C@@H](C)CC)C(=O)N(C)CC(=O)N(C)[C@H]3C/C=C\CCN(C3=O)[C@@H](Cc3ccc(CC)cc3)C(=O)N(C)CC(=O)N[C@H](CCc3ccc(C(F)(F)F)c(OC)c3)C(=O)N2C1. The van der Waals surface area contributed by atoms with Crippen molar-refractivity contribution in [2.75, 3.05) is 96.3 Å². The molecule has 598 valence electrons. The number of aryl methyl sites for hydroxylation is 2. The Morgan fingerprint density at radius 3 is 1.91 bits per heavy atom. The Balaban J connectivity index is 1.36. The van der Waals surface area contributed by atoms with E-state index >= 15 is 28.8 Å². The largest absolute Gasteiger partial charge is 0.496 e. The number of nitrogens with one attached hydrogen (secondary N) is 3. The standard InChI is InChI=1S/C79H117F3N12O14/c1-18-49(6)66-74(104)88(12)45-65(97)89(13)57-28-22-21-25-37-93(73(57)103)61(39-51-31-29-50(19-2)30-32-51)72(102)87(11)44-63(95)83-56(36-34-52-33-35-55(79(80,81)82)62(40-52)107-17)70(100)94-43-54(108-20-3)41-59(94)69(99)85-78(46-77(7,8)47-78)76(106)92(16)67(53-26-23-24-27-53)75(105)91(15)60(71(101)86(9)10)42-64(96)90(14)58(38-48(4)5)68(98)84-66/h21-22,29-33,35,40,48-49,53-54,56-61,66-67H,18-20,23-28,34,36-39,41-47H2,1-17H3,(H,83,95)(H,84,98)(H,85,99)/b22-21-/t49-,54+,56+,57-,58-,59-,60-,61-,66-,67-/m0/s1. The summed E-state index contributed by atoms with van der Waals surface area (Å²) in [7, 11) is 12.5. The second kappa shape index (κ2) is 37.2. The number of amides is 12. The Morgan fingerprint density at radius 1 is 0.694 bits per heavy atom. The summed E-state index contributed by atoms with van der Waals surface area (Å²) in [5.41, 5.74) is -1.33. The minimum atomic E-state index is -4.78. The van der Waals surface area contributed by atoms with E-state index in [1.165, 1.54) is 103 Å². The van der Waals surface area contributed by atoms with Gasteiger partial charge in [-0.15, -0.1) is 0 Å². The van der Waals surface area contributed by atoms with Crippen LogP contribution in [0.5, 0.6) is 5.75 Å². The minimum Gasteiger partial charge on any atom is -0.496 e. The zero-order chi connectivity index (χ0) is 80.2. The maximum absolute atomic E-state index is 15.8. The van der Waals surface area contributed by atoms with E-state index in [2.05, 4.69) is 16.0 Å². The number of benzene rings is 2. The molecule has 0 unspecified atom stereocenters. The van der Waals surface area contributed by atoms with Gasteiger partial charge in [0.25, 0.3) is 0 Å². The van der Waals surface area contributed by atoms with Crippen molar-refractivity contribution in [3.63, 3.8) is 0 Å². The van der Waals surface area contributed by atoms with Crippen molar-refractivity contribution < 1.29 is 80.2 Å². The van der Waals surface area contributed by atoms with Crippen molar-refractivity contribution in [1.82, 2.24) is 60.0 Å². The van der Waals surface area contributed by atoms with E-state index in [4.69, 9.17) is 9.47 Å². The van der Waals surface area contributed by atoms with Crippen molar-refractivity contribution >= 4 is 70.9 Å². The van der Waals surface area contributed by atoms with Gasteiger partial charge in [-0.1, -0.05) is 110 Å². The Kier molecular flexibility index (Phi) is 29.8. The number of hydrogen-bond donors (Lipinski definition) is 3. The molecule has 12 amide bonds. The van der Waals surface area contributed by atoms with Crippen LogP contribution in [-0.4, -0.2) is 271 Å². The number of carbonyl (C=O) groups is 12. The number of alkyl halides is 3. The highest BCUT2D eigenvalue weighted by atomic mass is 19.4. The smallest absolute Gasteiger partial charge is 0.419 e. The molecular formula is C79H117F3N12O14. The van der Waals surface area contributed by atoms with Gasteiger partial charge < -0.3 is 69.5 Å². The molecule has 4 fully saturated rings. The van der Waals surface area contributed by atoms with Crippen LogP contribution in [0.4, 0.5) is 13.2 Å². The van der Waals surface area contributed by atoms with E-state index in [0.717, 1.165) is 28.5 Å². The van der Waals surface area contributed by atoms with Gasteiger partial charge >= 0.3 is 6.18 Å². The predicted octanol–water partition coefficient (Wildman–Crippen LogP) is 5.65. The highest BCUT2D eigenvalue weighted by molar-refractivity contribution is 6.01. The number of methoxy groups -OCH3 is 1. The molecule has 5 aliphatic rings. The number of halogens is 3. The lowest BCUT2D eigenvalue weighted by atomic mass is 9.58. The molecule has 10 atom stereocenters. The summed E-state index contributed by atoms with van der Waals surface area (Å²) in [6.45, 7) is 13.5. The highest BCUT2D eigenvalue weighted by Crippen LogP contribution is 2.50. The van der Waals surface area contributed by atoms with Crippen LogP contribution in [0, 0.1) is 23.2 Å². The zero-order valence-corrected chi connectivity index (χ0v) is 66.3. The topological polar surface area (TPSA) is 289 Å². The molecule has 7 rings (SSSR count). The fourth-order valence-corrected chi connectivity index (χ4v) is 16.2. The molecule has 29 heteroatoms. The Hall–Kier alpha value is -8.63. The summed E-state index contributed by atoms with van der Waals surface area (Å²) < 4.78 is 53.9. The van der Waals surface area contributed by atoms with Gasteiger partial charge in [0, 0.05) is 88.9 Å². The molecule has 2 saturated carbocycles. The quantitative estimate of drug-likeness (QED) is 0.182. The summed E-state index contributed by atoms with van der Waals surface area (Å²) in [6, 6.07) is 0.118. The van der Waals surface area contributed by atoms with Gasteiger partial charge in [-0.25, -0.2) is 0 Å². The fraction of sp³-hybridized carbons (Fsp3) is 0.671. The lowest BCUT2D eigenvalue weighted by molar-refractivity contribution is -0.161. The summed E-state index contributed by atoms with van der Waals surface area (Å²) in [5.74, 6) is -10.0. The molecule has 3 heterocycles. The average Bonchev–Trinajstić information content (AvgIpc) is 0.949. The molecule has 2 aromatic carbocycles. The number of carbonyl (C=O) groups excluding carboxylic acids is 12. The summed E-state index contributed by atoms with van der Waals surface area (Å²) in [6.07, 6.45) is 0.972. The van der Waals surface area contributed by atoms with Gasteiger partial charge in [-0.2, -0.15) is 13.2 Å². The summed E-state index contributed by atoms with van der Waals surface area (Å²) in [5, 5.41) is 8.78. The van der Waals surface area contributed by atoms with Gasteiger partial charge in [0.15, 0.2) is 0 Å². The van der Waals surface area contributed by atoms with E-state index in [-0.39, 0.29) is 89.0 Å². The average molecular weight is 1520 g/mol. The monoisotopic (exact) mass is 1510 g/mol. The van der Waals surface area contributed by atoms with Gasteiger partial charge in [0.05, 0.1) is 38.3 Å². The molecule has 1 spiro atoms. The molecule has 108 heavy (non-hydrogen) atoms. The highest BCUT2D eigenvalue weighted by Gasteiger charge is 2.59. The Bertz CT molecular complexity index is 3610. The molecule has 3 aliphatic heterocycles. The fourth-order valence-electron chi connectivity index (χ4n) is 16.2. The van der Waals surface area contributed by atoms with Crippen LogP contribution >= 0.6 is 0 Å². The number of rotatable bonds is 15. The molecule has 2 saturated heterocycles. The second-order valence-electron chi connectivity index (χ2n) is 31.8. The van der Waals surface area contributed by atoms with Crippen molar-refractivity contribution in [2.24, 2.45) is 23.2 Å². The van der Waals surface area contributed by atoms with Crippen LogP contribution in [0.25, 0.3) is 0 Å². The normalized spacial score (nSPS) is 26.4. The van der Waals surface area contributed by atoms with Crippen LogP contribution in [-0.2, 0) is 87.7 Å². The second-order valence-corrected chi connectivity index (χ2v) is 31.8. The van der Waals surface area contributed by atoms with Crippen molar-refractivity contribution in [2.45, 2.75) is 224 Å². The van der Waals surface area contributed by atoms with Gasteiger partial charge in [0.2, 0.25) is 70.9 Å². The van der Waals surface area contributed by atoms with Gasteiger partial charge in [0.1, 0.15) is 59.6 Å². The van der Waals surface area contributed by atoms with Crippen molar-refractivity contribution in [3.05, 3.63) is 76.9 Å². The van der Waals surface area contributed by atoms with Crippen LogP contribution in [0.2, 0.25) is 0 Å². The number of fused-ring (bicyclic) bond motifs is 3. The summed E-state index contributed by atoms with van der Waals surface area (Å²) in [4.78, 5) is 194. The molecule has 2 aromatic rings. The molecule has 0 aromatic heterocycles. The van der Waals surface area contributed by atoms with Crippen LogP contribution in [0.1, 0.15) is 161 Å². The van der Waals surface area contributed by atoms with Gasteiger partial charge in [-0.3, -0.25) is 57.5 Å². The first-order chi connectivity index (χ1) is 50.7. The van der Waals surface area contributed by atoms with Crippen LogP contribution < -0.4 is 20.7 Å². The molecule has 0 radical (unpaired) electrons. The third kappa shape index (κ3) is 20.8. The number of nitrogens with zero attached hydrogens (tertiary/aromatic N) is 9. The molecule has 26 nitrogen and oxygen atoms in total. The molecule has 2 bridgehead atoms. The van der Waals surface area contributed by atoms with Crippen LogP contribution in [0.15, 0.2) is 54.6 Å². The third-order valence-corrected chi connectivity index (χ3v) is 22.4. The number of likely N-dealkylation sites (N-methyl/N-ethyl adjacent to an activating group) is 7. The Morgan fingerprint density at radius 2 is 1.32 bits per heavy atom. The predicted molar refractivity (Wildman–Crippen MR) is 399 cm³/mol. The molecular weight excluding hydrogens is 1400 g/mol. The first-order valence-corrected chi connectivity index (χ1v) is 38.1. The van der Waals surface area contributed by atoms with E-state index in [9.17, 15) is 41.9 Å². The minimum absolute atomic E-state index is 0.000284. The maximum atomic E-state index is 15.8. The molecule has 2 aliphatic carbocycles. The summed E-state index contributed by atoms with van der Waals surface area (Å²) >= 11 is 0. The van der Waals surface area contributed by atoms with Crippen LogP contribution in [0.3, 0.4) is 0 Å². The van der Waals surface area contributed by atoms with E-state index < -0.39 is 185 Å².